The smallest absolute Gasteiger partial charge is 0.194 e. The molecule has 20 heavy (non-hydrogen) atoms. The minimum Gasteiger partial charge on any atom is -0.308 e. The molecule has 0 aliphatic carbocycles. The zero-order chi connectivity index (χ0) is 14.5. The van der Waals surface area contributed by atoms with E-state index in [2.05, 4.69) is 48.6 Å². The molecule has 0 radical (unpaired) electrons. The van der Waals surface area contributed by atoms with E-state index in [0.29, 0.717) is 6.04 Å². The van der Waals surface area contributed by atoms with Crippen molar-refractivity contribution >= 4 is 16.3 Å². The van der Waals surface area contributed by atoms with Crippen molar-refractivity contribution in [3.63, 3.8) is 0 Å². The topological polar surface area (TPSA) is 29.3 Å². The van der Waals surface area contributed by atoms with Gasteiger partial charge in [-0.25, -0.2) is 4.98 Å². The second kappa shape index (κ2) is 7.23. The molecule has 1 unspecified atom stereocenters. The average Bonchev–Trinajstić information content (AvgIpc) is 2.89. The first-order chi connectivity index (χ1) is 9.65. The summed E-state index contributed by atoms with van der Waals surface area (Å²) in [5, 5.41) is 3.74. The molecular weight excluding hydrogens is 266 g/mol. The third-order valence-electron chi connectivity index (χ3n) is 3.84. The molecule has 0 fully saturated rings. The molecule has 2 rings (SSSR count). The summed E-state index contributed by atoms with van der Waals surface area (Å²) in [5.41, 5.74) is 2.48. The van der Waals surface area contributed by atoms with Crippen molar-refractivity contribution < 1.29 is 0 Å². The summed E-state index contributed by atoms with van der Waals surface area (Å²) in [7, 11) is 0. The van der Waals surface area contributed by atoms with Crippen LogP contribution < -0.4 is 5.32 Å². The molecule has 2 aromatic rings. The van der Waals surface area contributed by atoms with Gasteiger partial charge in [-0.1, -0.05) is 33.1 Å². The van der Waals surface area contributed by atoms with E-state index in [9.17, 15) is 0 Å². The third kappa shape index (κ3) is 3.61. The van der Waals surface area contributed by atoms with Gasteiger partial charge in [0, 0.05) is 23.7 Å². The minimum atomic E-state index is 0.643. The van der Waals surface area contributed by atoms with E-state index >= 15 is 0 Å². The lowest BCUT2D eigenvalue weighted by molar-refractivity contribution is 0.430. The van der Waals surface area contributed by atoms with Crippen LogP contribution in [0.2, 0.25) is 0 Å². The van der Waals surface area contributed by atoms with Crippen LogP contribution in [-0.2, 0) is 6.54 Å². The normalized spacial score (nSPS) is 13.2. The van der Waals surface area contributed by atoms with E-state index in [-0.39, 0.29) is 0 Å². The van der Waals surface area contributed by atoms with Crippen molar-refractivity contribution in [2.75, 3.05) is 0 Å². The highest BCUT2D eigenvalue weighted by Crippen LogP contribution is 2.21. The van der Waals surface area contributed by atoms with Crippen molar-refractivity contribution in [3.05, 3.63) is 22.5 Å². The molecule has 112 valence electrons. The maximum absolute atomic E-state index is 4.66. The lowest BCUT2D eigenvalue weighted by Crippen LogP contribution is -2.29. The summed E-state index contributed by atoms with van der Waals surface area (Å²) in [5.74, 6) is 0. The van der Waals surface area contributed by atoms with Gasteiger partial charge >= 0.3 is 0 Å². The quantitative estimate of drug-likeness (QED) is 0.778. The van der Waals surface area contributed by atoms with E-state index in [1.807, 2.05) is 0 Å². The van der Waals surface area contributed by atoms with Crippen molar-refractivity contribution in [1.29, 1.82) is 0 Å². The Labute approximate surface area is 126 Å². The van der Waals surface area contributed by atoms with Gasteiger partial charge in [0.2, 0.25) is 0 Å². The third-order valence-corrected chi connectivity index (χ3v) is 4.74. The number of unbranched alkanes of at least 4 members (excludes halogenated alkanes) is 1. The van der Waals surface area contributed by atoms with Crippen molar-refractivity contribution in [3.8, 4) is 0 Å². The second-order valence-corrected chi connectivity index (χ2v) is 6.86. The van der Waals surface area contributed by atoms with Gasteiger partial charge in [-0.2, -0.15) is 0 Å². The number of nitrogens with one attached hydrogen (secondary N) is 1. The van der Waals surface area contributed by atoms with Gasteiger partial charge in [0.1, 0.15) is 0 Å². The van der Waals surface area contributed by atoms with E-state index < -0.39 is 0 Å². The van der Waals surface area contributed by atoms with E-state index in [1.165, 1.54) is 42.7 Å². The lowest BCUT2D eigenvalue weighted by Gasteiger charge is -2.17. The van der Waals surface area contributed by atoms with Crippen LogP contribution in [0, 0.1) is 13.8 Å². The Hall–Kier alpha value is -0.870. The molecule has 0 aliphatic heterocycles. The fourth-order valence-corrected chi connectivity index (χ4v) is 3.60. The largest absolute Gasteiger partial charge is 0.308 e. The summed E-state index contributed by atoms with van der Waals surface area (Å²) in [6, 6.07) is 0.643. The van der Waals surface area contributed by atoms with Gasteiger partial charge in [-0.15, -0.1) is 11.3 Å². The summed E-state index contributed by atoms with van der Waals surface area (Å²) >= 11 is 1.77. The molecule has 0 bridgehead atoms. The van der Waals surface area contributed by atoms with Crippen molar-refractivity contribution in [1.82, 2.24) is 14.7 Å². The standard InChI is InChI=1S/C16H27N3S/c1-5-7-9-14(8-6-2)17-10-15-13(4)18-16-19(15)11-12(3)20-16/h11,14,17H,5-10H2,1-4H3. The zero-order valence-electron chi connectivity index (χ0n) is 13.2. The van der Waals surface area contributed by atoms with Crippen LogP contribution in [0.3, 0.4) is 0 Å². The molecule has 1 N–H and O–H groups in total. The molecular formula is C16H27N3S. The molecule has 2 heterocycles. The molecule has 2 aromatic heterocycles. The number of fused-ring (bicyclic) bond motifs is 1. The fourth-order valence-electron chi connectivity index (χ4n) is 2.71. The van der Waals surface area contributed by atoms with Crippen LogP contribution in [0.5, 0.6) is 0 Å². The fraction of sp³-hybridized carbons (Fsp3) is 0.688. The SMILES string of the molecule is CCCCC(CCC)NCc1c(C)nc2sc(C)cn12. The van der Waals surface area contributed by atoms with Crippen LogP contribution in [0.15, 0.2) is 6.20 Å². The molecule has 0 amide bonds. The summed E-state index contributed by atoms with van der Waals surface area (Å²) < 4.78 is 2.26. The molecule has 0 aromatic carbocycles. The highest BCUT2D eigenvalue weighted by atomic mass is 32.1. The maximum Gasteiger partial charge on any atom is 0.194 e. The highest BCUT2D eigenvalue weighted by Gasteiger charge is 2.13. The van der Waals surface area contributed by atoms with Gasteiger partial charge < -0.3 is 5.32 Å². The monoisotopic (exact) mass is 293 g/mol. The zero-order valence-corrected chi connectivity index (χ0v) is 14.0. The van der Waals surface area contributed by atoms with Crippen molar-refractivity contribution in [2.45, 2.75) is 72.4 Å². The number of thiazole rings is 1. The number of imidazole rings is 1. The summed E-state index contributed by atoms with van der Waals surface area (Å²) in [6.45, 7) is 9.73. The molecule has 4 heteroatoms. The van der Waals surface area contributed by atoms with Gasteiger partial charge in [0.25, 0.3) is 0 Å². The molecule has 3 nitrogen and oxygen atoms in total. The maximum atomic E-state index is 4.66. The first kappa shape index (κ1) is 15.5. The Morgan fingerprint density at radius 1 is 1.25 bits per heavy atom. The number of nitrogens with zero attached hydrogens (tertiary/aromatic N) is 2. The van der Waals surface area contributed by atoms with Crippen LogP contribution in [0.1, 0.15) is 62.2 Å². The van der Waals surface area contributed by atoms with Crippen molar-refractivity contribution in [2.24, 2.45) is 0 Å². The number of aromatic nitrogens is 2. The first-order valence-corrected chi connectivity index (χ1v) is 8.64. The van der Waals surface area contributed by atoms with Gasteiger partial charge in [-0.05, 0) is 26.7 Å². The predicted molar refractivity (Wildman–Crippen MR) is 87.6 cm³/mol. The van der Waals surface area contributed by atoms with E-state index in [1.54, 1.807) is 11.3 Å². The minimum absolute atomic E-state index is 0.643. The highest BCUT2D eigenvalue weighted by molar-refractivity contribution is 7.17. The Balaban J connectivity index is 2.04. The molecule has 0 aliphatic rings. The van der Waals surface area contributed by atoms with E-state index in [4.69, 9.17) is 0 Å². The Morgan fingerprint density at radius 3 is 2.75 bits per heavy atom. The van der Waals surface area contributed by atoms with Gasteiger partial charge in [-0.3, -0.25) is 4.40 Å². The number of rotatable bonds is 8. The van der Waals surface area contributed by atoms with Crippen LogP contribution >= 0.6 is 11.3 Å². The number of aryl methyl sites for hydroxylation is 2. The Kier molecular flexibility index (Phi) is 5.61. The lowest BCUT2D eigenvalue weighted by atomic mass is 10.1. The van der Waals surface area contributed by atoms with Crippen LogP contribution in [0.25, 0.3) is 4.96 Å². The first-order valence-electron chi connectivity index (χ1n) is 7.83. The molecule has 0 saturated carbocycles. The van der Waals surface area contributed by atoms with Gasteiger partial charge in [0.05, 0.1) is 11.4 Å². The van der Waals surface area contributed by atoms with Crippen LogP contribution in [-0.4, -0.2) is 15.4 Å². The second-order valence-electron chi connectivity index (χ2n) is 5.65. The van der Waals surface area contributed by atoms with Crippen LogP contribution in [0.4, 0.5) is 0 Å². The molecule has 1 atom stereocenters. The molecule has 0 spiro atoms. The number of hydrogen-bond donors (Lipinski definition) is 1. The summed E-state index contributed by atoms with van der Waals surface area (Å²) in [6.07, 6.45) is 8.60. The number of hydrogen-bond acceptors (Lipinski definition) is 3. The van der Waals surface area contributed by atoms with E-state index in [0.717, 1.165) is 17.2 Å². The Bertz CT molecular complexity index is 541. The Morgan fingerprint density at radius 2 is 2.05 bits per heavy atom. The molecule has 0 saturated heterocycles. The average molecular weight is 293 g/mol. The van der Waals surface area contributed by atoms with Gasteiger partial charge in [0.15, 0.2) is 4.96 Å². The summed E-state index contributed by atoms with van der Waals surface area (Å²) in [4.78, 5) is 7.11. The predicted octanol–water partition coefficient (Wildman–Crippen LogP) is 4.46.